The minimum absolute atomic E-state index is 0.0337. The second-order valence-corrected chi connectivity index (χ2v) is 13.1. The molecule has 0 aromatic carbocycles. The van der Waals surface area contributed by atoms with Crippen LogP contribution in [0.1, 0.15) is 69.8 Å². The van der Waals surface area contributed by atoms with Crippen LogP contribution in [0.3, 0.4) is 0 Å². The lowest BCUT2D eigenvalue weighted by Gasteiger charge is -2.31. The van der Waals surface area contributed by atoms with Crippen molar-refractivity contribution in [3.63, 3.8) is 0 Å². The Morgan fingerprint density at radius 3 is 2.61 bits per heavy atom. The van der Waals surface area contributed by atoms with E-state index in [1.807, 2.05) is 11.8 Å². The van der Waals surface area contributed by atoms with Crippen LogP contribution in [0.15, 0.2) is 5.16 Å². The number of amides is 1. The lowest BCUT2D eigenvalue weighted by Crippen LogP contribution is -2.42. The van der Waals surface area contributed by atoms with Crippen LogP contribution in [0.5, 0.6) is 0 Å². The van der Waals surface area contributed by atoms with E-state index in [1.165, 1.54) is 43.1 Å². The van der Waals surface area contributed by atoms with Gasteiger partial charge >= 0.3 is 0 Å². The number of aromatic nitrogens is 2. The Balaban J connectivity index is 1.46. The van der Waals surface area contributed by atoms with E-state index >= 15 is 0 Å². The minimum Gasteiger partial charge on any atom is -0.338 e. The number of fused-ring (bicyclic) bond motifs is 2. The zero-order valence-electron chi connectivity index (χ0n) is 19.3. The van der Waals surface area contributed by atoms with E-state index in [2.05, 4.69) is 25.3 Å². The minimum atomic E-state index is -3.01. The summed E-state index contributed by atoms with van der Waals surface area (Å²) in [6.45, 7) is 9.18. The van der Waals surface area contributed by atoms with E-state index < -0.39 is 9.84 Å². The third kappa shape index (κ3) is 4.70. The molecule has 5 unspecified atom stereocenters. The van der Waals surface area contributed by atoms with Gasteiger partial charge in [0.05, 0.1) is 23.0 Å². The fourth-order valence-corrected chi connectivity index (χ4v) is 9.03. The van der Waals surface area contributed by atoms with Crippen molar-refractivity contribution in [2.75, 3.05) is 23.8 Å². The molecule has 1 amide bonds. The predicted octanol–water partition coefficient (Wildman–Crippen LogP) is 4.01. The van der Waals surface area contributed by atoms with Crippen LogP contribution in [0.4, 0.5) is 0 Å². The van der Waals surface area contributed by atoms with E-state index in [1.54, 1.807) is 0 Å². The quantitative estimate of drug-likeness (QED) is 0.540. The number of aryl methyl sites for hydroxylation is 1. The summed E-state index contributed by atoms with van der Waals surface area (Å²) < 4.78 is 26.2. The Hall–Kier alpha value is -1.02. The van der Waals surface area contributed by atoms with Crippen LogP contribution in [-0.2, 0) is 14.6 Å². The molecular weight excluding hydrogens is 430 g/mol. The van der Waals surface area contributed by atoms with Gasteiger partial charge in [-0.2, -0.15) is 0 Å². The first-order valence-electron chi connectivity index (χ1n) is 11.9. The van der Waals surface area contributed by atoms with Gasteiger partial charge in [-0.05, 0) is 70.6 Å². The van der Waals surface area contributed by atoms with Crippen LogP contribution in [0.2, 0.25) is 0 Å². The van der Waals surface area contributed by atoms with Crippen molar-refractivity contribution in [3.8, 4) is 0 Å². The standard InChI is InChI=1S/C23H37N3O3S2/c1-5-9-25(20-8-10-31(28,29)14-20)22(27)13-30-23-24-15(2)16(3)26(23)17(4)21-12-18-6-7-19(21)11-18/h17-21H,5-14H2,1-4H3. The molecule has 1 aromatic rings. The van der Waals surface area contributed by atoms with Crippen molar-refractivity contribution in [3.05, 3.63) is 11.4 Å². The Morgan fingerprint density at radius 2 is 2.03 bits per heavy atom. The normalized spacial score (nSPS) is 30.1. The third-order valence-corrected chi connectivity index (χ3v) is 10.6. The van der Waals surface area contributed by atoms with Gasteiger partial charge in [0.1, 0.15) is 0 Å². The van der Waals surface area contributed by atoms with Gasteiger partial charge in [-0.15, -0.1) is 0 Å². The van der Waals surface area contributed by atoms with Crippen LogP contribution >= 0.6 is 11.8 Å². The van der Waals surface area contributed by atoms with E-state index in [-0.39, 0.29) is 23.5 Å². The predicted molar refractivity (Wildman–Crippen MR) is 125 cm³/mol. The van der Waals surface area contributed by atoms with Crippen molar-refractivity contribution in [2.45, 2.75) is 83.5 Å². The number of carbonyl (C=O) groups is 1. The zero-order chi connectivity index (χ0) is 22.3. The van der Waals surface area contributed by atoms with Gasteiger partial charge in [-0.1, -0.05) is 25.1 Å². The highest BCUT2D eigenvalue weighted by Gasteiger charge is 2.43. The largest absolute Gasteiger partial charge is 0.338 e. The molecular formula is C23H37N3O3S2. The fourth-order valence-electron chi connectivity index (χ4n) is 6.24. The maximum absolute atomic E-state index is 13.1. The van der Waals surface area contributed by atoms with Crippen molar-refractivity contribution < 1.29 is 13.2 Å². The number of imidazole rings is 1. The van der Waals surface area contributed by atoms with Gasteiger partial charge in [0.2, 0.25) is 5.91 Å². The number of sulfone groups is 1. The smallest absolute Gasteiger partial charge is 0.233 e. The summed E-state index contributed by atoms with van der Waals surface area (Å²) in [4.78, 5) is 19.7. The highest BCUT2D eigenvalue weighted by atomic mass is 32.2. The fraction of sp³-hybridized carbons (Fsp3) is 0.826. The molecule has 174 valence electrons. The molecule has 2 aliphatic carbocycles. The molecule has 3 fully saturated rings. The van der Waals surface area contributed by atoms with Gasteiger partial charge in [-0.3, -0.25) is 4.79 Å². The topological polar surface area (TPSA) is 72.3 Å². The maximum atomic E-state index is 13.1. The SMILES string of the molecule is CCCN(C(=O)CSc1nc(C)c(C)n1C(C)C1CC2CCC1C2)C1CCS(=O)(=O)C1. The first kappa shape index (κ1) is 23.1. The highest BCUT2D eigenvalue weighted by Crippen LogP contribution is 2.52. The molecule has 6 nitrogen and oxygen atoms in total. The molecule has 31 heavy (non-hydrogen) atoms. The lowest BCUT2D eigenvalue weighted by molar-refractivity contribution is -0.130. The maximum Gasteiger partial charge on any atom is 0.233 e. The van der Waals surface area contributed by atoms with Gasteiger partial charge < -0.3 is 9.47 Å². The summed E-state index contributed by atoms with van der Waals surface area (Å²) in [5.74, 6) is 3.11. The Labute approximate surface area is 191 Å². The van der Waals surface area contributed by atoms with Crippen LogP contribution < -0.4 is 0 Å². The Bertz CT molecular complexity index is 927. The summed E-state index contributed by atoms with van der Waals surface area (Å²) in [5, 5.41) is 0.939. The summed E-state index contributed by atoms with van der Waals surface area (Å²) in [6, 6.07) is 0.232. The highest BCUT2D eigenvalue weighted by molar-refractivity contribution is 7.99. The number of hydrogen-bond donors (Lipinski definition) is 0. The van der Waals surface area contributed by atoms with Gasteiger partial charge in [-0.25, -0.2) is 13.4 Å². The first-order chi connectivity index (χ1) is 14.7. The first-order valence-corrected chi connectivity index (χ1v) is 14.7. The zero-order valence-corrected chi connectivity index (χ0v) is 21.0. The summed E-state index contributed by atoms with van der Waals surface area (Å²) in [5.41, 5.74) is 2.25. The molecule has 0 radical (unpaired) electrons. The number of hydrogen-bond acceptors (Lipinski definition) is 5. The molecule has 2 bridgehead atoms. The van der Waals surface area contributed by atoms with E-state index in [9.17, 15) is 13.2 Å². The van der Waals surface area contributed by atoms with E-state index in [0.717, 1.165) is 29.1 Å². The molecule has 1 saturated heterocycles. The molecule has 4 rings (SSSR count). The Kier molecular flexibility index (Phi) is 6.78. The molecule has 3 aliphatic rings. The van der Waals surface area contributed by atoms with Crippen LogP contribution in [-0.4, -0.2) is 58.6 Å². The summed E-state index contributed by atoms with van der Waals surface area (Å²) >= 11 is 1.52. The molecule has 8 heteroatoms. The average molecular weight is 468 g/mol. The van der Waals surface area contributed by atoms with Crippen molar-refractivity contribution in [2.24, 2.45) is 17.8 Å². The van der Waals surface area contributed by atoms with E-state index in [4.69, 9.17) is 4.98 Å². The second-order valence-electron chi connectivity index (χ2n) is 9.95. The average Bonchev–Trinajstić information content (AvgIpc) is 3.49. The monoisotopic (exact) mass is 467 g/mol. The number of nitrogens with zero attached hydrogens (tertiary/aromatic N) is 3. The number of carbonyl (C=O) groups excluding carboxylic acids is 1. The third-order valence-electron chi connectivity index (χ3n) is 7.93. The molecule has 0 N–H and O–H groups in total. The second kappa shape index (κ2) is 9.08. The molecule has 1 aromatic heterocycles. The molecule has 2 saturated carbocycles. The van der Waals surface area contributed by atoms with Crippen LogP contribution in [0.25, 0.3) is 0 Å². The van der Waals surface area contributed by atoms with Crippen LogP contribution in [0, 0.1) is 31.6 Å². The molecule has 2 heterocycles. The lowest BCUT2D eigenvalue weighted by atomic mass is 9.84. The van der Waals surface area contributed by atoms with Gasteiger partial charge in [0.15, 0.2) is 15.0 Å². The number of rotatable bonds is 8. The summed E-state index contributed by atoms with van der Waals surface area (Å²) in [6.07, 6.45) is 6.87. The summed E-state index contributed by atoms with van der Waals surface area (Å²) in [7, 11) is -3.01. The van der Waals surface area contributed by atoms with Gasteiger partial charge in [0, 0.05) is 24.3 Å². The van der Waals surface area contributed by atoms with E-state index in [0.29, 0.717) is 30.7 Å². The molecule has 1 aliphatic heterocycles. The van der Waals surface area contributed by atoms with Gasteiger partial charge in [0.25, 0.3) is 0 Å². The Morgan fingerprint density at radius 1 is 1.26 bits per heavy atom. The van der Waals surface area contributed by atoms with Crippen molar-refractivity contribution in [1.82, 2.24) is 14.5 Å². The molecule has 0 spiro atoms. The van der Waals surface area contributed by atoms with Crippen molar-refractivity contribution >= 4 is 27.5 Å². The number of thioether (sulfide) groups is 1. The van der Waals surface area contributed by atoms with Crippen molar-refractivity contribution in [1.29, 1.82) is 0 Å². The molecule has 5 atom stereocenters.